The monoisotopic (exact) mass is 980 g/mol. The molecule has 0 saturated heterocycles. The zero-order valence-electron chi connectivity index (χ0n) is 42.4. The quantitative estimate of drug-likeness (QED) is 0.127. The summed E-state index contributed by atoms with van der Waals surface area (Å²) in [5, 5.41) is 4.78. The maximum Gasteiger partial charge on any atom is 0.0714 e. The molecule has 0 radical (unpaired) electrons. The summed E-state index contributed by atoms with van der Waals surface area (Å²) in [6.45, 7) is 0. The fraction of sp³-hybridized carbons (Fsp3) is 0.0133. The second-order valence-electron chi connectivity index (χ2n) is 20.0. The first-order valence-corrected chi connectivity index (χ1v) is 26.6. The van der Waals surface area contributed by atoms with Gasteiger partial charge < -0.3 is 9.80 Å². The molecule has 2 nitrogen and oxygen atoms in total. The van der Waals surface area contributed by atoms with Gasteiger partial charge >= 0.3 is 0 Å². The molecule has 77 heavy (non-hydrogen) atoms. The van der Waals surface area contributed by atoms with E-state index in [1.54, 1.807) is 0 Å². The van der Waals surface area contributed by atoms with Gasteiger partial charge in [0.25, 0.3) is 0 Å². The number of hydrogen-bond donors (Lipinski definition) is 0. The van der Waals surface area contributed by atoms with Crippen molar-refractivity contribution in [1.82, 2.24) is 0 Å². The molecule has 0 amide bonds. The van der Waals surface area contributed by atoms with E-state index >= 15 is 0 Å². The van der Waals surface area contributed by atoms with Crippen LogP contribution in [0.2, 0.25) is 0 Å². The van der Waals surface area contributed by atoms with Gasteiger partial charge in [-0.25, -0.2) is 0 Å². The highest BCUT2D eigenvalue weighted by molar-refractivity contribution is 6.05. The molecule has 0 atom stereocenters. The fourth-order valence-corrected chi connectivity index (χ4v) is 12.3. The lowest BCUT2D eigenvalue weighted by atomic mass is 9.67. The molecule has 13 aromatic carbocycles. The minimum atomic E-state index is -0.650. The summed E-state index contributed by atoms with van der Waals surface area (Å²) >= 11 is 0. The van der Waals surface area contributed by atoms with Crippen LogP contribution in [0.1, 0.15) is 22.3 Å². The molecule has 0 N–H and O–H groups in total. The van der Waals surface area contributed by atoms with Crippen LogP contribution in [0.25, 0.3) is 66.1 Å². The van der Waals surface area contributed by atoms with Gasteiger partial charge in [0.15, 0.2) is 0 Å². The number of nitrogens with zero attached hydrogens (tertiary/aromatic N) is 2. The topological polar surface area (TPSA) is 6.48 Å². The molecule has 0 aliphatic heterocycles. The first-order valence-electron chi connectivity index (χ1n) is 26.6. The predicted molar refractivity (Wildman–Crippen MR) is 324 cm³/mol. The summed E-state index contributed by atoms with van der Waals surface area (Å²) < 4.78 is 0. The molecule has 0 spiro atoms. The summed E-state index contributed by atoms with van der Waals surface area (Å²) in [5.41, 5.74) is 20.2. The molecule has 13 aromatic rings. The van der Waals surface area contributed by atoms with Gasteiger partial charge in [-0.1, -0.05) is 249 Å². The van der Waals surface area contributed by atoms with Crippen molar-refractivity contribution >= 4 is 55.7 Å². The van der Waals surface area contributed by atoms with Gasteiger partial charge in [0.1, 0.15) is 0 Å². The van der Waals surface area contributed by atoms with E-state index in [0.29, 0.717) is 0 Å². The van der Waals surface area contributed by atoms with Crippen LogP contribution in [0.3, 0.4) is 0 Å². The Hall–Kier alpha value is -10.0. The molecule has 0 heterocycles. The number of anilines is 6. The lowest BCUT2D eigenvalue weighted by molar-refractivity contribution is 0.768. The van der Waals surface area contributed by atoms with E-state index in [1.807, 2.05) is 0 Å². The van der Waals surface area contributed by atoms with Gasteiger partial charge in [0.05, 0.1) is 5.41 Å². The van der Waals surface area contributed by atoms with Crippen LogP contribution >= 0.6 is 0 Å². The van der Waals surface area contributed by atoms with Crippen LogP contribution in [-0.4, -0.2) is 0 Å². The molecule has 1 aliphatic carbocycles. The largest absolute Gasteiger partial charge is 0.310 e. The van der Waals surface area contributed by atoms with Crippen LogP contribution in [0.4, 0.5) is 34.1 Å². The van der Waals surface area contributed by atoms with Crippen molar-refractivity contribution in [3.8, 4) is 44.5 Å². The van der Waals surface area contributed by atoms with E-state index in [2.05, 4.69) is 325 Å². The molecule has 0 bridgehead atoms. The normalized spacial score (nSPS) is 12.3. The molecule has 14 rings (SSSR count). The van der Waals surface area contributed by atoms with Crippen LogP contribution in [0.15, 0.2) is 315 Å². The van der Waals surface area contributed by atoms with E-state index in [9.17, 15) is 0 Å². The third-order valence-electron chi connectivity index (χ3n) is 15.6. The second kappa shape index (κ2) is 19.4. The zero-order chi connectivity index (χ0) is 51.1. The maximum atomic E-state index is 2.50. The highest BCUT2D eigenvalue weighted by Gasteiger charge is 2.47. The molecular weight excluding hydrogens is 929 g/mol. The van der Waals surface area contributed by atoms with Crippen molar-refractivity contribution < 1.29 is 0 Å². The Morgan fingerprint density at radius 1 is 0.221 bits per heavy atom. The number of benzene rings is 13. The van der Waals surface area contributed by atoms with Crippen molar-refractivity contribution in [2.75, 3.05) is 9.80 Å². The predicted octanol–water partition coefficient (Wildman–Crippen LogP) is 20.3. The number of para-hydroxylation sites is 2. The van der Waals surface area contributed by atoms with Crippen molar-refractivity contribution in [2.45, 2.75) is 5.41 Å². The van der Waals surface area contributed by atoms with Crippen molar-refractivity contribution in [3.63, 3.8) is 0 Å². The Balaban J connectivity index is 1.09. The Labute approximate surface area is 450 Å². The van der Waals surface area contributed by atoms with Gasteiger partial charge in [-0.2, -0.15) is 0 Å². The molecule has 0 aromatic heterocycles. The fourth-order valence-electron chi connectivity index (χ4n) is 12.3. The second-order valence-corrected chi connectivity index (χ2v) is 20.0. The van der Waals surface area contributed by atoms with E-state index in [-0.39, 0.29) is 0 Å². The van der Waals surface area contributed by atoms with E-state index in [1.165, 1.54) is 77.2 Å². The standard InChI is InChI=1S/C75H52N2/c1-7-25-54(26-8-1)68-40-23-41-71-74(68)70-47-45-64(52-72(70)75(71,59-31-11-3-12-32-59)60-33-13-4-14-34-60)77(63-44-42-53-24-19-20-30-57(53)48-63)66-50-58(49-65(51-66)76(61-35-15-5-16-36-61)62-37-17-6-18-38-62)69-46-43-55-27-21-22-39-67(55)73(69)56-28-9-2-10-29-56/h1-52H. The number of rotatable bonds is 11. The van der Waals surface area contributed by atoms with Crippen molar-refractivity contribution in [3.05, 3.63) is 338 Å². The third-order valence-corrected chi connectivity index (χ3v) is 15.6. The van der Waals surface area contributed by atoms with Crippen LogP contribution in [0.5, 0.6) is 0 Å². The Morgan fingerprint density at radius 2 is 0.688 bits per heavy atom. The van der Waals surface area contributed by atoms with Crippen LogP contribution in [0, 0.1) is 0 Å². The highest BCUT2D eigenvalue weighted by Crippen LogP contribution is 2.60. The molecule has 362 valence electrons. The van der Waals surface area contributed by atoms with E-state index < -0.39 is 5.41 Å². The van der Waals surface area contributed by atoms with Gasteiger partial charge in [0, 0.05) is 34.1 Å². The lowest BCUT2D eigenvalue weighted by Gasteiger charge is -2.35. The van der Waals surface area contributed by atoms with Crippen LogP contribution < -0.4 is 9.80 Å². The molecule has 0 saturated carbocycles. The smallest absolute Gasteiger partial charge is 0.0714 e. The van der Waals surface area contributed by atoms with Gasteiger partial charge in [-0.05, 0) is 155 Å². The van der Waals surface area contributed by atoms with Gasteiger partial charge in [0.2, 0.25) is 0 Å². The number of fused-ring (bicyclic) bond motifs is 5. The summed E-state index contributed by atoms with van der Waals surface area (Å²) in [7, 11) is 0. The Morgan fingerprint density at radius 3 is 1.32 bits per heavy atom. The highest BCUT2D eigenvalue weighted by atomic mass is 15.2. The summed E-state index contributed by atoms with van der Waals surface area (Å²) in [5.74, 6) is 0. The molecule has 1 aliphatic rings. The maximum absolute atomic E-state index is 2.50. The average molecular weight is 981 g/mol. The van der Waals surface area contributed by atoms with Gasteiger partial charge in [-0.15, -0.1) is 0 Å². The van der Waals surface area contributed by atoms with E-state index in [4.69, 9.17) is 0 Å². The van der Waals surface area contributed by atoms with E-state index in [0.717, 1.165) is 45.3 Å². The summed E-state index contributed by atoms with van der Waals surface area (Å²) in [6, 6.07) is 116. The minimum absolute atomic E-state index is 0.650. The summed E-state index contributed by atoms with van der Waals surface area (Å²) in [4.78, 5) is 4.90. The Kier molecular flexibility index (Phi) is 11.5. The minimum Gasteiger partial charge on any atom is -0.310 e. The SMILES string of the molecule is c1ccc(-c2cccc3c2-c2ccc(N(c4cc(-c5ccc6ccccc6c5-c5ccccc5)cc(N(c5ccccc5)c5ccccc5)c4)c4ccc5ccccc5c4)cc2C3(c2ccccc2)c2ccccc2)cc1. The first-order chi connectivity index (χ1) is 38.2. The number of hydrogen-bond acceptors (Lipinski definition) is 2. The van der Waals surface area contributed by atoms with Crippen molar-refractivity contribution in [1.29, 1.82) is 0 Å². The first kappa shape index (κ1) is 45.6. The Bertz CT molecular complexity index is 4170. The molecule has 0 unspecified atom stereocenters. The zero-order valence-corrected chi connectivity index (χ0v) is 42.4. The molecule has 0 fully saturated rings. The summed E-state index contributed by atoms with van der Waals surface area (Å²) in [6.07, 6.45) is 0. The molecule has 2 heteroatoms. The van der Waals surface area contributed by atoms with Crippen molar-refractivity contribution in [2.24, 2.45) is 0 Å². The molecular formula is C75H52N2. The third kappa shape index (κ3) is 7.89. The van der Waals surface area contributed by atoms with Gasteiger partial charge in [-0.3, -0.25) is 0 Å². The van der Waals surface area contributed by atoms with Crippen LogP contribution in [-0.2, 0) is 5.41 Å². The lowest BCUT2D eigenvalue weighted by Crippen LogP contribution is -2.28. The average Bonchev–Trinajstić information content (AvgIpc) is 4.08.